The van der Waals surface area contributed by atoms with Gasteiger partial charge in [-0.3, -0.25) is 0 Å². The van der Waals surface area contributed by atoms with E-state index in [0.717, 1.165) is 12.8 Å². The van der Waals surface area contributed by atoms with E-state index in [2.05, 4.69) is 0 Å². The van der Waals surface area contributed by atoms with E-state index in [1.807, 2.05) is 6.92 Å². The summed E-state index contributed by atoms with van der Waals surface area (Å²) in [5, 5.41) is 0. The zero-order chi connectivity index (χ0) is 10.7. The average molecular weight is 217 g/mol. The molecular weight excluding hydrogens is 202 g/mol. The van der Waals surface area contributed by atoms with Crippen LogP contribution in [0, 0.1) is 0 Å². The summed E-state index contributed by atoms with van der Waals surface area (Å²) in [5.41, 5.74) is 0. The first-order valence-electron chi connectivity index (χ1n) is 4.69. The molecule has 1 unspecified atom stereocenters. The van der Waals surface area contributed by atoms with Crippen LogP contribution in [0.1, 0.15) is 19.8 Å². The first-order chi connectivity index (χ1) is 6.52. The number of rotatable bonds is 4. The third-order valence-corrected chi connectivity index (χ3v) is 3.70. The lowest BCUT2D eigenvalue weighted by molar-refractivity contribution is -0.751. The molecule has 4 nitrogen and oxygen atoms in total. The quantitative estimate of drug-likeness (QED) is 0.524. The maximum Gasteiger partial charge on any atom is 0.259 e. The SMILES string of the molecule is CCCC[N+]1(S(=O)(=O)[O-])C=CC=CC1. The highest BCUT2D eigenvalue weighted by Crippen LogP contribution is 2.19. The Morgan fingerprint density at radius 3 is 2.57 bits per heavy atom. The number of quaternary nitrogens is 1. The molecule has 1 rings (SSSR count). The lowest BCUT2D eigenvalue weighted by Gasteiger charge is -2.35. The normalized spacial score (nSPS) is 26.7. The summed E-state index contributed by atoms with van der Waals surface area (Å²) in [7, 11) is -4.31. The van der Waals surface area contributed by atoms with Gasteiger partial charge in [-0.1, -0.05) is 19.4 Å². The van der Waals surface area contributed by atoms with Gasteiger partial charge in [0.15, 0.2) is 0 Å². The largest absolute Gasteiger partial charge is 0.701 e. The van der Waals surface area contributed by atoms with E-state index in [0.29, 0.717) is 6.54 Å². The molecule has 1 heterocycles. The van der Waals surface area contributed by atoms with Crippen molar-refractivity contribution in [2.24, 2.45) is 0 Å². The van der Waals surface area contributed by atoms with E-state index >= 15 is 0 Å². The van der Waals surface area contributed by atoms with Gasteiger partial charge in [-0.2, -0.15) is 12.3 Å². The smallest absolute Gasteiger partial charge is 0.259 e. The summed E-state index contributed by atoms with van der Waals surface area (Å²) in [5.74, 6) is 0. The fourth-order valence-corrected chi connectivity index (χ4v) is 2.30. The van der Waals surface area contributed by atoms with Crippen LogP contribution in [0.5, 0.6) is 0 Å². The topological polar surface area (TPSA) is 57.2 Å². The minimum atomic E-state index is -4.31. The Labute approximate surface area is 85.0 Å². The Balaban J connectivity index is 2.92. The maximum atomic E-state index is 11.1. The summed E-state index contributed by atoms with van der Waals surface area (Å²) in [6.45, 7) is 2.59. The minimum Gasteiger partial charge on any atom is -0.701 e. The third-order valence-electron chi connectivity index (χ3n) is 2.35. The molecule has 0 saturated heterocycles. The number of unbranched alkanes of at least 4 members (excludes halogenated alkanes) is 1. The van der Waals surface area contributed by atoms with E-state index in [1.165, 1.54) is 6.20 Å². The Kier molecular flexibility index (Phi) is 3.47. The van der Waals surface area contributed by atoms with E-state index in [9.17, 15) is 13.0 Å². The fourth-order valence-electron chi connectivity index (χ4n) is 1.45. The first-order valence-corrected chi connectivity index (χ1v) is 6.05. The molecule has 0 N–H and O–H groups in total. The molecule has 0 amide bonds. The highest BCUT2D eigenvalue weighted by Gasteiger charge is 2.31. The molecule has 0 spiro atoms. The van der Waals surface area contributed by atoms with Gasteiger partial charge in [0.1, 0.15) is 12.7 Å². The van der Waals surface area contributed by atoms with Crippen molar-refractivity contribution in [3.8, 4) is 0 Å². The number of nitrogens with zero attached hydrogens (tertiary/aromatic N) is 1. The monoisotopic (exact) mass is 217 g/mol. The predicted molar refractivity (Wildman–Crippen MR) is 52.9 cm³/mol. The molecule has 5 heteroatoms. The Morgan fingerprint density at radius 2 is 2.14 bits per heavy atom. The van der Waals surface area contributed by atoms with Crippen molar-refractivity contribution in [2.45, 2.75) is 19.8 Å². The lowest BCUT2D eigenvalue weighted by Crippen LogP contribution is -2.49. The van der Waals surface area contributed by atoms with Crippen molar-refractivity contribution in [1.29, 1.82) is 0 Å². The van der Waals surface area contributed by atoms with Crippen LogP contribution >= 0.6 is 0 Å². The second kappa shape index (κ2) is 4.25. The molecule has 0 fully saturated rings. The zero-order valence-corrected chi connectivity index (χ0v) is 9.03. The Morgan fingerprint density at radius 1 is 1.43 bits per heavy atom. The lowest BCUT2D eigenvalue weighted by atomic mass is 10.3. The standard InChI is InChI=1S/C9H15NO3S/c1-2-3-7-10(14(11,12)13)8-5-4-6-9-10/h4-6,8H,2-3,7,9H2,1H3. The van der Waals surface area contributed by atoms with Crippen LogP contribution in [-0.4, -0.2) is 29.9 Å². The van der Waals surface area contributed by atoms with Gasteiger partial charge in [-0.05, 0) is 18.6 Å². The summed E-state index contributed by atoms with van der Waals surface area (Å²) in [4.78, 5) is 0. The van der Waals surface area contributed by atoms with E-state index in [4.69, 9.17) is 0 Å². The van der Waals surface area contributed by atoms with Crippen LogP contribution in [-0.2, 0) is 10.3 Å². The van der Waals surface area contributed by atoms with Gasteiger partial charge in [0, 0.05) is 0 Å². The van der Waals surface area contributed by atoms with Crippen molar-refractivity contribution in [1.82, 2.24) is 0 Å². The van der Waals surface area contributed by atoms with Crippen LogP contribution in [0.2, 0.25) is 0 Å². The molecule has 0 radical (unpaired) electrons. The zero-order valence-electron chi connectivity index (χ0n) is 8.22. The summed E-state index contributed by atoms with van der Waals surface area (Å²) >= 11 is 0. The van der Waals surface area contributed by atoms with Crippen LogP contribution in [0.4, 0.5) is 0 Å². The van der Waals surface area contributed by atoms with Crippen LogP contribution in [0.3, 0.4) is 0 Å². The van der Waals surface area contributed by atoms with Crippen molar-refractivity contribution in [3.63, 3.8) is 0 Å². The van der Waals surface area contributed by atoms with Gasteiger partial charge < -0.3 is 4.55 Å². The van der Waals surface area contributed by atoms with Crippen molar-refractivity contribution in [3.05, 3.63) is 24.4 Å². The maximum absolute atomic E-state index is 11.1. The number of hydrogen-bond acceptors (Lipinski definition) is 3. The number of hydrogen-bond donors (Lipinski definition) is 0. The molecule has 1 aliphatic rings. The highest BCUT2D eigenvalue weighted by atomic mass is 32.2. The summed E-state index contributed by atoms with van der Waals surface area (Å²) in [6.07, 6.45) is 8.18. The summed E-state index contributed by atoms with van der Waals surface area (Å²) < 4.78 is 33.0. The van der Waals surface area contributed by atoms with Crippen LogP contribution < -0.4 is 0 Å². The Hall–Kier alpha value is -0.650. The molecule has 80 valence electrons. The van der Waals surface area contributed by atoms with Gasteiger partial charge in [0.05, 0.1) is 6.54 Å². The molecule has 0 saturated carbocycles. The van der Waals surface area contributed by atoms with Crippen molar-refractivity contribution < 1.29 is 16.9 Å². The van der Waals surface area contributed by atoms with Gasteiger partial charge in [-0.25, -0.2) is 0 Å². The highest BCUT2D eigenvalue weighted by molar-refractivity contribution is 7.80. The van der Waals surface area contributed by atoms with Gasteiger partial charge >= 0.3 is 0 Å². The molecular formula is C9H15NO3S. The molecule has 1 atom stereocenters. The fraction of sp³-hybridized carbons (Fsp3) is 0.556. The molecule has 0 aromatic rings. The summed E-state index contributed by atoms with van der Waals surface area (Å²) in [6, 6.07) is 0. The van der Waals surface area contributed by atoms with Crippen molar-refractivity contribution >= 4 is 10.3 Å². The van der Waals surface area contributed by atoms with Crippen LogP contribution in [0.15, 0.2) is 24.4 Å². The molecule has 0 aliphatic carbocycles. The van der Waals surface area contributed by atoms with Gasteiger partial charge in [0.2, 0.25) is 0 Å². The van der Waals surface area contributed by atoms with E-state index < -0.39 is 14.2 Å². The molecule has 0 aromatic heterocycles. The average Bonchev–Trinajstić information content (AvgIpc) is 2.14. The number of allylic oxidation sites excluding steroid dienone is 2. The van der Waals surface area contributed by atoms with E-state index in [-0.39, 0.29) is 6.54 Å². The van der Waals surface area contributed by atoms with Crippen LogP contribution in [0.25, 0.3) is 0 Å². The Bertz CT molecular complexity index is 345. The second-order valence-electron chi connectivity index (χ2n) is 3.41. The molecule has 1 aliphatic heterocycles. The third kappa shape index (κ3) is 2.23. The second-order valence-corrected chi connectivity index (χ2v) is 4.99. The van der Waals surface area contributed by atoms with E-state index in [1.54, 1.807) is 18.2 Å². The van der Waals surface area contributed by atoms with Gasteiger partial charge in [-0.15, -0.1) is 0 Å². The first kappa shape index (κ1) is 11.4. The van der Waals surface area contributed by atoms with Gasteiger partial charge in [0.25, 0.3) is 10.3 Å². The minimum absolute atomic E-state index is 0.252. The predicted octanol–water partition coefficient (Wildman–Crippen LogP) is 1.15. The molecule has 0 aromatic carbocycles. The molecule has 0 bridgehead atoms. The molecule has 14 heavy (non-hydrogen) atoms. The van der Waals surface area contributed by atoms with Crippen molar-refractivity contribution in [2.75, 3.05) is 13.1 Å².